The van der Waals surface area contributed by atoms with Gasteiger partial charge in [0.05, 0.1) is 11.4 Å². The van der Waals surface area contributed by atoms with Crippen LogP contribution in [0.2, 0.25) is 0 Å². The van der Waals surface area contributed by atoms with Crippen LogP contribution >= 0.6 is 0 Å². The van der Waals surface area contributed by atoms with Crippen LogP contribution in [0.3, 0.4) is 0 Å². The molecule has 0 radical (unpaired) electrons. The molecule has 1 aromatic carbocycles. The average Bonchev–Trinajstić information content (AvgIpc) is 2.91. The molecule has 0 aliphatic heterocycles. The van der Waals surface area contributed by atoms with Crippen LogP contribution in [-0.2, 0) is 7.05 Å². The number of carboxylic acids is 1. The fourth-order valence-corrected chi connectivity index (χ4v) is 2.39. The molecule has 2 heterocycles. The summed E-state index contributed by atoms with van der Waals surface area (Å²) in [5, 5.41) is 10.2. The summed E-state index contributed by atoms with van der Waals surface area (Å²) in [7, 11) is 1.76. The van der Waals surface area contributed by atoms with E-state index in [1.54, 1.807) is 17.7 Å². The van der Waals surface area contributed by atoms with Crippen LogP contribution in [0.1, 0.15) is 16.1 Å². The zero-order valence-corrected chi connectivity index (χ0v) is 10.8. The van der Waals surface area contributed by atoms with Crippen LogP contribution in [0.4, 0.5) is 0 Å². The molecule has 19 heavy (non-hydrogen) atoms. The van der Waals surface area contributed by atoms with Gasteiger partial charge in [0.15, 0.2) is 0 Å². The predicted molar refractivity (Wildman–Crippen MR) is 74.4 cm³/mol. The second-order valence-electron chi connectivity index (χ2n) is 4.74. The molecule has 0 aliphatic carbocycles. The molecule has 3 aromatic rings. The Bertz CT molecular complexity index is 781. The van der Waals surface area contributed by atoms with Gasteiger partial charge in [-0.3, -0.25) is 0 Å². The SMILES string of the molecule is Cc1ccc2[nH]c(-c3ccc(C(=O)O)n3C)cc2c1. The van der Waals surface area contributed by atoms with Gasteiger partial charge in [-0.25, -0.2) is 4.79 Å². The van der Waals surface area contributed by atoms with Gasteiger partial charge in [-0.05, 0) is 37.3 Å². The summed E-state index contributed by atoms with van der Waals surface area (Å²) in [6.45, 7) is 2.05. The number of aryl methyl sites for hydroxylation is 1. The van der Waals surface area contributed by atoms with E-state index in [9.17, 15) is 4.79 Å². The number of carbonyl (C=O) groups is 1. The molecule has 0 bridgehead atoms. The van der Waals surface area contributed by atoms with Crippen molar-refractivity contribution in [2.75, 3.05) is 0 Å². The second-order valence-corrected chi connectivity index (χ2v) is 4.74. The maximum atomic E-state index is 11.1. The summed E-state index contributed by atoms with van der Waals surface area (Å²) in [5.41, 5.74) is 4.33. The Hall–Kier alpha value is -2.49. The van der Waals surface area contributed by atoms with Gasteiger partial charge in [0, 0.05) is 18.0 Å². The lowest BCUT2D eigenvalue weighted by Crippen LogP contribution is -2.05. The van der Waals surface area contributed by atoms with E-state index in [-0.39, 0.29) is 5.69 Å². The number of rotatable bonds is 2. The van der Waals surface area contributed by atoms with Crippen LogP contribution in [0.25, 0.3) is 22.3 Å². The minimum atomic E-state index is -0.916. The molecule has 4 heteroatoms. The van der Waals surface area contributed by atoms with E-state index in [1.807, 2.05) is 18.2 Å². The number of hydrogen-bond acceptors (Lipinski definition) is 1. The maximum absolute atomic E-state index is 11.1. The average molecular weight is 254 g/mol. The van der Waals surface area contributed by atoms with Crippen molar-refractivity contribution in [2.45, 2.75) is 6.92 Å². The fourth-order valence-electron chi connectivity index (χ4n) is 2.39. The monoisotopic (exact) mass is 254 g/mol. The lowest BCUT2D eigenvalue weighted by atomic mass is 10.2. The zero-order valence-electron chi connectivity index (χ0n) is 10.8. The second kappa shape index (κ2) is 4.02. The molecule has 0 amide bonds. The molecule has 0 saturated heterocycles. The van der Waals surface area contributed by atoms with E-state index < -0.39 is 5.97 Å². The van der Waals surface area contributed by atoms with E-state index >= 15 is 0 Å². The van der Waals surface area contributed by atoms with Crippen molar-refractivity contribution in [2.24, 2.45) is 7.05 Å². The molecule has 0 spiro atoms. The fraction of sp³-hybridized carbons (Fsp3) is 0.133. The van der Waals surface area contributed by atoms with Crippen LogP contribution in [0.15, 0.2) is 36.4 Å². The van der Waals surface area contributed by atoms with Gasteiger partial charge in [-0.1, -0.05) is 11.6 Å². The topological polar surface area (TPSA) is 58.0 Å². The molecule has 96 valence electrons. The largest absolute Gasteiger partial charge is 0.477 e. The van der Waals surface area contributed by atoms with E-state index in [0.717, 1.165) is 22.3 Å². The third kappa shape index (κ3) is 1.81. The molecule has 0 aliphatic rings. The van der Waals surface area contributed by atoms with Crippen LogP contribution < -0.4 is 0 Å². The number of nitrogens with one attached hydrogen (secondary N) is 1. The normalized spacial score (nSPS) is 11.1. The molecule has 3 rings (SSSR count). The summed E-state index contributed by atoms with van der Waals surface area (Å²) >= 11 is 0. The highest BCUT2D eigenvalue weighted by molar-refractivity contribution is 5.89. The standard InChI is InChI=1S/C15H14N2O2/c1-9-3-4-11-10(7-9)8-12(16-11)13-5-6-14(15(18)19)17(13)2/h3-8,16H,1-2H3,(H,18,19). The number of nitrogens with zero attached hydrogens (tertiary/aromatic N) is 1. The molecule has 4 nitrogen and oxygen atoms in total. The van der Waals surface area contributed by atoms with Crippen LogP contribution in [0.5, 0.6) is 0 Å². The minimum Gasteiger partial charge on any atom is -0.477 e. The van der Waals surface area contributed by atoms with Gasteiger partial charge in [-0.15, -0.1) is 0 Å². The first-order valence-corrected chi connectivity index (χ1v) is 6.05. The summed E-state index contributed by atoms with van der Waals surface area (Å²) in [4.78, 5) is 14.4. The van der Waals surface area contributed by atoms with Crippen molar-refractivity contribution >= 4 is 16.9 Å². The zero-order chi connectivity index (χ0) is 13.6. The smallest absolute Gasteiger partial charge is 0.352 e. The van der Waals surface area contributed by atoms with Crippen molar-refractivity contribution in [1.82, 2.24) is 9.55 Å². The molecule has 0 fully saturated rings. The van der Waals surface area contributed by atoms with Crippen molar-refractivity contribution < 1.29 is 9.90 Å². The number of aromatic carboxylic acids is 1. The maximum Gasteiger partial charge on any atom is 0.352 e. The van der Waals surface area contributed by atoms with E-state index in [4.69, 9.17) is 5.11 Å². The quantitative estimate of drug-likeness (QED) is 0.738. The highest BCUT2D eigenvalue weighted by atomic mass is 16.4. The van der Waals surface area contributed by atoms with Gasteiger partial charge >= 0.3 is 5.97 Å². The number of aromatic amines is 1. The third-order valence-corrected chi connectivity index (χ3v) is 3.39. The first kappa shape index (κ1) is 11.6. The Balaban J connectivity index is 2.16. The number of hydrogen-bond donors (Lipinski definition) is 2. The van der Waals surface area contributed by atoms with Gasteiger partial charge in [-0.2, -0.15) is 0 Å². The van der Waals surface area contributed by atoms with Crippen molar-refractivity contribution in [3.05, 3.63) is 47.7 Å². The molecule has 2 aromatic heterocycles. The van der Waals surface area contributed by atoms with Crippen LogP contribution in [0, 0.1) is 6.92 Å². The van der Waals surface area contributed by atoms with E-state index in [2.05, 4.69) is 24.0 Å². The highest BCUT2D eigenvalue weighted by Gasteiger charge is 2.13. The molecule has 0 atom stereocenters. The highest BCUT2D eigenvalue weighted by Crippen LogP contribution is 2.26. The lowest BCUT2D eigenvalue weighted by molar-refractivity contribution is 0.0687. The summed E-state index contributed by atoms with van der Waals surface area (Å²) in [6.07, 6.45) is 0. The Kier molecular flexibility index (Phi) is 2.45. The molecule has 0 saturated carbocycles. The number of fused-ring (bicyclic) bond motifs is 1. The van der Waals surface area contributed by atoms with Crippen LogP contribution in [-0.4, -0.2) is 20.6 Å². The number of benzene rings is 1. The number of carboxylic acid groups (broad SMARTS) is 1. The van der Waals surface area contributed by atoms with Crippen molar-refractivity contribution in [3.8, 4) is 11.4 Å². The van der Waals surface area contributed by atoms with Gasteiger partial charge in [0.25, 0.3) is 0 Å². The molecule has 2 N–H and O–H groups in total. The Morgan fingerprint density at radius 1 is 1.21 bits per heavy atom. The van der Waals surface area contributed by atoms with Crippen molar-refractivity contribution in [3.63, 3.8) is 0 Å². The number of aromatic nitrogens is 2. The number of H-pyrrole nitrogens is 1. The van der Waals surface area contributed by atoms with Gasteiger partial charge in [0.2, 0.25) is 0 Å². The van der Waals surface area contributed by atoms with E-state index in [0.29, 0.717) is 0 Å². The molecular weight excluding hydrogens is 240 g/mol. The molecular formula is C15H14N2O2. The third-order valence-electron chi connectivity index (χ3n) is 3.39. The Labute approximate surface area is 110 Å². The first-order chi connectivity index (χ1) is 9.06. The molecule has 0 unspecified atom stereocenters. The van der Waals surface area contributed by atoms with Gasteiger partial charge in [0.1, 0.15) is 5.69 Å². The Morgan fingerprint density at radius 3 is 2.68 bits per heavy atom. The summed E-state index contributed by atoms with van der Waals surface area (Å²) < 4.78 is 1.68. The summed E-state index contributed by atoms with van der Waals surface area (Å²) in [5.74, 6) is -0.916. The lowest BCUT2D eigenvalue weighted by Gasteiger charge is -2.02. The first-order valence-electron chi connectivity index (χ1n) is 6.05. The Morgan fingerprint density at radius 2 is 2.00 bits per heavy atom. The van der Waals surface area contributed by atoms with E-state index in [1.165, 1.54) is 5.56 Å². The summed E-state index contributed by atoms with van der Waals surface area (Å²) in [6, 6.07) is 11.7. The van der Waals surface area contributed by atoms with Crippen molar-refractivity contribution in [1.29, 1.82) is 0 Å². The minimum absolute atomic E-state index is 0.282. The van der Waals surface area contributed by atoms with Gasteiger partial charge < -0.3 is 14.7 Å². The predicted octanol–water partition coefficient (Wildman–Crippen LogP) is 3.18.